The van der Waals surface area contributed by atoms with Crippen LogP contribution in [0.3, 0.4) is 0 Å². The Morgan fingerprint density at radius 3 is 2.25 bits per heavy atom. The molecule has 0 spiro atoms. The van der Waals surface area contributed by atoms with Gasteiger partial charge in [0.15, 0.2) is 0 Å². The molecule has 0 atom stereocenters. The Morgan fingerprint density at radius 1 is 0.958 bits per heavy atom. The SMILES string of the molecule is CCCCCCCCCCCC(=O)NCCCSc1ccncc1. The van der Waals surface area contributed by atoms with Gasteiger partial charge in [-0.15, -0.1) is 11.8 Å². The molecule has 0 saturated heterocycles. The third-order valence-corrected chi connectivity index (χ3v) is 5.17. The number of thioether (sulfide) groups is 1. The first-order valence-corrected chi connectivity index (χ1v) is 10.6. The molecule has 4 heteroatoms. The molecule has 0 aromatic carbocycles. The lowest BCUT2D eigenvalue weighted by Gasteiger charge is -2.05. The summed E-state index contributed by atoms with van der Waals surface area (Å²) in [6.45, 7) is 3.04. The lowest BCUT2D eigenvalue weighted by molar-refractivity contribution is -0.121. The Balaban J connectivity index is 1.83. The molecule has 1 N–H and O–H groups in total. The largest absolute Gasteiger partial charge is 0.356 e. The quantitative estimate of drug-likeness (QED) is 0.331. The Labute approximate surface area is 152 Å². The standard InChI is InChI=1S/C20H34N2OS/c1-2-3-4-5-6-7-8-9-10-12-20(23)22-15-11-18-24-19-13-16-21-17-14-19/h13-14,16-17H,2-12,15,18H2,1H3,(H,22,23). The van der Waals surface area contributed by atoms with Crippen LogP contribution in [0.15, 0.2) is 29.4 Å². The maximum Gasteiger partial charge on any atom is 0.219 e. The Kier molecular flexibility index (Phi) is 13.6. The summed E-state index contributed by atoms with van der Waals surface area (Å²) in [5.74, 6) is 1.24. The van der Waals surface area contributed by atoms with Crippen molar-refractivity contribution in [2.45, 2.75) is 82.4 Å². The molecule has 0 aliphatic rings. The van der Waals surface area contributed by atoms with Crippen LogP contribution in [0, 0.1) is 0 Å². The average Bonchev–Trinajstić information content (AvgIpc) is 2.61. The van der Waals surface area contributed by atoms with Crippen molar-refractivity contribution < 1.29 is 4.79 Å². The van der Waals surface area contributed by atoms with Crippen molar-refractivity contribution in [2.24, 2.45) is 0 Å². The molecule has 24 heavy (non-hydrogen) atoms. The Bertz CT molecular complexity index is 411. The van der Waals surface area contributed by atoms with Gasteiger partial charge >= 0.3 is 0 Å². The fraction of sp³-hybridized carbons (Fsp3) is 0.700. The number of amides is 1. The van der Waals surface area contributed by atoms with E-state index in [2.05, 4.69) is 17.2 Å². The summed E-state index contributed by atoms with van der Waals surface area (Å²) in [5, 5.41) is 3.03. The highest BCUT2D eigenvalue weighted by atomic mass is 32.2. The maximum absolute atomic E-state index is 11.8. The van der Waals surface area contributed by atoms with E-state index in [1.165, 1.54) is 56.3 Å². The van der Waals surface area contributed by atoms with Crippen molar-refractivity contribution in [3.05, 3.63) is 24.5 Å². The summed E-state index contributed by atoms with van der Waals surface area (Å²) in [4.78, 5) is 17.0. The topological polar surface area (TPSA) is 42.0 Å². The first kappa shape index (κ1) is 21.0. The molecule has 0 radical (unpaired) electrons. The predicted octanol–water partition coefficient (Wildman–Crippen LogP) is 5.60. The van der Waals surface area contributed by atoms with Gasteiger partial charge in [-0.05, 0) is 30.7 Å². The zero-order valence-electron chi connectivity index (χ0n) is 15.3. The molecule has 1 rings (SSSR count). The van der Waals surface area contributed by atoms with Crippen molar-refractivity contribution in [2.75, 3.05) is 12.3 Å². The van der Waals surface area contributed by atoms with E-state index in [9.17, 15) is 4.79 Å². The zero-order valence-corrected chi connectivity index (χ0v) is 16.1. The number of hydrogen-bond donors (Lipinski definition) is 1. The van der Waals surface area contributed by atoms with Crippen molar-refractivity contribution in [1.29, 1.82) is 0 Å². The van der Waals surface area contributed by atoms with Crippen LogP contribution in [0.4, 0.5) is 0 Å². The van der Waals surface area contributed by atoms with Gasteiger partial charge in [-0.2, -0.15) is 0 Å². The van der Waals surface area contributed by atoms with Crippen LogP contribution in [0.25, 0.3) is 0 Å². The van der Waals surface area contributed by atoms with Gasteiger partial charge in [-0.1, -0.05) is 58.3 Å². The van der Waals surface area contributed by atoms with Crippen LogP contribution in [-0.4, -0.2) is 23.2 Å². The minimum atomic E-state index is 0.215. The number of aromatic nitrogens is 1. The summed E-state index contributed by atoms with van der Waals surface area (Å²) < 4.78 is 0. The van der Waals surface area contributed by atoms with Gasteiger partial charge in [0.25, 0.3) is 0 Å². The van der Waals surface area contributed by atoms with E-state index in [1.807, 2.05) is 36.3 Å². The van der Waals surface area contributed by atoms with Crippen LogP contribution in [0.5, 0.6) is 0 Å². The molecule has 0 aliphatic carbocycles. The number of rotatable bonds is 15. The third-order valence-electron chi connectivity index (χ3n) is 4.07. The molecule has 0 bridgehead atoms. The van der Waals surface area contributed by atoms with Crippen LogP contribution < -0.4 is 5.32 Å². The first-order chi connectivity index (χ1) is 11.8. The highest BCUT2D eigenvalue weighted by Crippen LogP contribution is 2.16. The van der Waals surface area contributed by atoms with Gasteiger partial charge < -0.3 is 5.32 Å². The molecule has 1 aromatic heterocycles. The molecule has 1 heterocycles. The van der Waals surface area contributed by atoms with Crippen molar-refractivity contribution >= 4 is 17.7 Å². The molecule has 0 aliphatic heterocycles. The highest BCUT2D eigenvalue weighted by Gasteiger charge is 2.01. The lowest BCUT2D eigenvalue weighted by atomic mass is 10.1. The number of carbonyl (C=O) groups excluding carboxylic acids is 1. The summed E-state index contributed by atoms with van der Waals surface area (Å²) in [7, 11) is 0. The van der Waals surface area contributed by atoms with Gasteiger partial charge in [-0.25, -0.2) is 0 Å². The molecule has 136 valence electrons. The van der Waals surface area contributed by atoms with Gasteiger partial charge in [0.2, 0.25) is 5.91 Å². The number of unbranched alkanes of at least 4 members (excludes halogenated alkanes) is 8. The smallest absolute Gasteiger partial charge is 0.219 e. The van der Waals surface area contributed by atoms with E-state index in [1.54, 1.807) is 0 Å². The van der Waals surface area contributed by atoms with E-state index in [4.69, 9.17) is 0 Å². The van der Waals surface area contributed by atoms with Gasteiger partial charge in [0.05, 0.1) is 0 Å². The summed E-state index contributed by atoms with van der Waals surface area (Å²) in [6.07, 6.45) is 17.0. The van der Waals surface area contributed by atoms with Crippen molar-refractivity contribution in [3.8, 4) is 0 Å². The monoisotopic (exact) mass is 350 g/mol. The van der Waals surface area contributed by atoms with Crippen molar-refractivity contribution in [1.82, 2.24) is 10.3 Å². The summed E-state index contributed by atoms with van der Waals surface area (Å²) in [5.41, 5.74) is 0. The number of hydrogen-bond acceptors (Lipinski definition) is 3. The summed E-state index contributed by atoms with van der Waals surface area (Å²) >= 11 is 1.81. The molecular formula is C20H34N2OS. The lowest BCUT2D eigenvalue weighted by Crippen LogP contribution is -2.24. The second-order valence-electron chi connectivity index (χ2n) is 6.31. The van der Waals surface area contributed by atoms with E-state index < -0.39 is 0 Å². The second kappa shape index (κ2) is 15.5. The minimum absolute atomic E-state index is 0.215. The molecule has 0 saturated carbocycles. The Hall–Kier alpha value is -1.03. The summed E-state index contributed by atoms with van der Waals surface area (Å²) in [6, 6.07) is 4.04. The minimum Gasteiger partial charge on any atom is -0.356 e. The molecule has 1 aromatic rings. The van der Waals surface area contributed by atoms with Gasteiger partial charge in [0, 0.05) is 30.3 Å². The number of nitrogens with one attached hydrogen (secondary N) is 1. The number of carbonyl (C=O) groups is 1. The van der Waals surface area contributed by atoms with E-state index in [0.717, 1.165) is 25.1 Å². The molecule has 1 amide bonds. The van der Waals surface area contributed by atoms with Gasteiger partial charge in [0.1, 0.15) is 0 Å². The van der Waals surface area contributed by atoms with E-state index in [0.29, 0.717) is 6.42 Å². The Morgan fingerprint density at radius 2 is 1.58 bits per heavy atom. The van der Waals surface area contributed by atoms with Crippen molar-refractivity contribution in [3.63, 3.8) is 0 Å². The molecule has 0 unspecified atom stereocenters. The normalized spacial score (nSPS) is 10.7. The molecule has 3 nitrogen and oxygen atoms in total. The van der Waals surface area contributed by atoms with E-state index >= 15 is 0 Å². The average molecular weight is 351 g/mol. The van der Waals surface area contributed by atoms with E-state index in [-0.39, 0.29) is 5.91 Å². The number of pyridine rings is 1. The number of nitrogens with zero attached hydrogens (tertiary/aromatic N) is 1. The third kappa shape index (κ3) is 12.4. The zero-order chi connectivity index (χ0) is 17.3. The first-order valence-electron chi connectivity index (χ1n) is 9.62. The van der Waals surface area contributed by atoms with Crippen LogP contribution in [0.1, 0.15) is 77.6 Å². The van der Waals surface area contributed by atoms with Gasteiger partial charge in [-0.3, -0.25) is 9.78 Å². The predicted molar refractivity (Wildman–Crippen MR) is 104 cm³/mol. The van der Waals surface area contributed by atoms with Crippen LogP contribution in [-0.2, 0) is 4.79 Å². The fourth-order valence-electron chi connectivity index (χ4n) is 2.61. The second-order valence-corrected chi connectivity index (χ2v) is 7.48. The van der Waals surface area contributed by atoms with Crippen LogP contribution in [0.2, 0.25) is 0 Å². The maximum atomic E-state index is 11.8. The molecule has 0 fully saturated rings. The fourth-order valence-corrected chi connectivity index (χ4v) is 3.45. The van der Waals surface area contributed by atoms with Crippen LogP contribution >= 0.6 is 11.8 Å². The highest BCUT2D eigenvalue weighted by molar-refractivity contribution is 7.99. The molecular weight excluding hydrogens is 316 g/mol.